The number of hydrogen-bond donors (Lipinski definition) is 2. The van der Waals surface area contributed by atoms with Gasteiger partial charge in [-0.25, -0.2) is 0 Å². The Bertz CT molecular complexity index is 497. The van der Waals surface area contributed by atoms with Crippen molar-refractivity contribution in [3.63, 3.8) is 0 Å². The van der Waals surface area contributed by atoms with E-state index >= 15 is 0 Å². The molecular formula is C17H25NO4. The van der Waals surface area contributed by atoms with E-state index in [1.54, 1.807) is 32.4 Å². The standard InChI is InChI=1S/C17H25NO4/c1-21-13-7-8-14(16(11-13)22-2)15(19)9-10-17(20)18-12-5-3-4-6-12/h7-8,11-12,15,19H,3-6,9-10H2,1-2H3,(H,18,20). The zero-order valence-corrected chi connectivity index (χ0v) is 13.3. The lowest BCUT2D eigenvalue weighted by atomic mass is 10.0. The number of carbonyl (C=O) groups is 1. The largest absolute Gasteiger partial charge is 0.497 e. The highest BCUT2D eigenvalue weighted by atomic mass is 16.5. The molecule has 2 rings (SSSR count). The Morgan fingerprint density at radius 2 is 2.05 bits per heavy atom. The van der Waals surface area contributed by atoms with Gasteiger partial charge in [-0.2, -0.15) is 0 Å². The number of aliphatic hydroxyl groups excluding tert-OH is 1. The van der Waals surface area contributed by atoms with E-state index in [4.69, 9.17) is 9.47 Å². The van der Waals surface area contributed by atoms with Crippen LogP contribution in [0.15, 0.2) is 18.2 Å². The van der Waals surface area contributed by atoms with E-state index in [9.17, 15) is 9.90 Å². The van der Waals surface area contributed by atoms with E-state index in [2.05, 4.69) is 5.32 Å². The van der Waals surface area contributed by atoms with E-state index in [1.165, 1.54) is 12.8 Å². The molecule has 1 atom stereocenters. The summed E-state index contributed by atoms with van der Waals surface area (Å²) in [5.41, 5.74) is 0.678. The van der Waals surface area contributed by atoms with Gasteiger partial charge in [0.2, 0.25) is 5.91 Å². The summed E-state index contributed by atoms with van der Waals surface area (Å²) >= 11 is 0. The summed E-state index contributed by atoms with van der Waals surface area (Å²) < 4.78 is 10.4. The van der Waals surface area contributed by atoms with Gasteiger partial charge in [0, 0.05) is 24.1 Å². The van der Waals surface area contributed by atoms with Crippen LogP contribution in [0.3, 0.4) is 0 Å². The maximum Gasteiger partial charge on any atom is 0.220 e. The number of hydrogen-bond acceptors (Lipinski definition) is 4. The zero-order chi connectivity index (χ0) is 15.9. The molecule has 0 aromatic heterocycles. The average Bonchev–Trinajstić information content (AvgIpc) is 3.04. The van der Waals surface area contributed by atoms with Crippen LogP contribution in [0.25, 0.3) is 0 Å². The highest BCUT2D eigenvalue weighted by molar-refractivity contribution is 5.76. The summed E-state index contributed by atoms with van der Waals surface area (Å²) in [6.45, 7) is 0. The number of ether oxygens (including phenoxy) is 2. The Hall–Kier alpha value is -1.75. The van der Waals surface area contributed by atoms with Crippen LogP contribution in [0.5, 0.6) is 11.5 Å². The molecule has 1 aromatic rings. The molecule has 0 saturated heterocycles. The molecule has 1 fully saturated rings. The minimum Gasteiger partial charge on any atom is -0.497 e. The maximum absolute atomic E-state index is 11.9. The van der Waals surface area contributed by atoms with Crippen molar-refractivity contribution >= 4 is 5.91 Å². The van der Waals surface area contributed by atoms with Crippen molar-refractivity contribution in [3.8, 4) is 11.5 Å². The number of rotatable bonds is 7. The second-order valence-electron chi connectivity index (χ2n) is 5.71. The molecule has 122 valence electrons. The van der Waals surface area contributed by atoms with Crippen molar-refractivity contribution < 1.29 is 19.4 Å². The molecule has 0 aliphatic heterocycles. The van der Waals surface area contributed by atoms with E-state index in [0.717, 1.165) is 12.8 Å². The Balaban J connectivity index is 1.88. The summed E-state index contributed by atoms with van der Waals surface area (Å²) in [6.07, 6.45) is 4.48. The van der Waals surface area contributed by atoms with Gasteiger partial charge in [-0.05, 0) is 31.4 Å². The van der Waals surface area contributed by atoms with Crippen molar-refractivity contribution in [2.45, 2.75) is 50.7 Å². The first kappa shape index (κ1) is 16.6. The fraction of sp³-hybridized carbons (Fsp3) is 0.588. The third-order valence-corrected chi connectivity index (χ3v) is 4.16. The van der Waals surface area contributed by atoms with Crippen molar-refractivity contribution in [2.75, 3.05) is 14.2 Å². The van der Waals surface area contributed by atoms with Crippen LogP contribution >= 0.6 is 0 Å². The summed E-state index contributed by atoms with van der Waals surface area (Å²) in [7, 11) is 3.13. The molecule has 5 heteroatoms. The monoisotopic (exact) mass is 307 g/mol. The van der Waals surface area contributed by atoms with Crippen LogP contribution in [0, 0.1) is 0 Å². The molecule has 1 unspecified atom stereocenters. The van der Waals surface area contributed by atoms with Crippen molar-refractivity contribution in [2.24, 2.45) is 0 Å². The number of methoxy groups -OCH3 is 2. The summed E-state index contributed by atoms with van der Waals surface area (Å²) in [6, 6.07) is 5.61. The summed E-state index contributed by atoms with van der Waals surface area (Å²) in [5, 5.41) is 13.3. The van der Waals surface area contributed by atoms with E-state index in [0.29, 0.717) is 35.9 Å². The van der Waals surface area contributed by atoms with Gasteiger partial charge >= 0.3 is 0 Å². The van der Waals surface area contributed by atoms with Crippen LogP contribution in [0.1, 0.15) is 50.2 Å². The number of nitrogens with one attached hydrogen (secondary N) is 1. The molecule has 1 amide bonds. The van der Waals surface area contributed by atoms with Crippen molar-refractivity contribution in [1.82, 2.24) is 5.32 Å². The molecule has 0 bridgehead atoms. The van der Waals surface area contributed by atoms with Gasteiger partial charge in [-0.15, -0.1) is 0 Å². The number of aliphatic hydroxyl groups is 1. The van der Waals surface area contributed by atoms with Crippen LogP contribution < -0.4 is 14.8 Å². The molecule has 0 heterocycles. The highest BCUT2D eigenvalue weighted by Crippen LogP contribution is 2.31. The van der Waals surface area contributed by atoms with E-state index < -0.39 is 6.10 Å². The number of benzene rings is 1. The predicted octanol–water partition coefficient (Wildman–Crippen LogP) is 2.58. The fourth-order valence-electron chi connectivity index (χ4n) is 2.89. The van der Waals surface area contributed by atoms with Gasteiger partial charge in [0.05, 0.1) is 20.3 Å². The highest BCUT2D eigenvalue weighted by Gasteiger charge is 2.19. The molecule has 2 N–H and O–H groups in total. The van der Waals surface area contributed by atoms with Gasteiger partial charge in [-0.3, -0.25) is 4.79 Å². The van der Waals surface area contributed by atoms with Crippen molar-refractivity contribution in [3.05, 3.63) is 23.8 Å². The topological polar surface area (TPSA) is 67.8 Å². The Morgan fingerprint density at radius 3 is 2.68 bits per heavy atom. The molecule has 1 aliphatic carbocycles. The first-order chi connectivity index (χ1) is 10.6. The quantitative estimate of drug-likeness (QED) is 0.812. The van der Waals surface area contributed by atoms with Crippen molar-refractivity contribution in [1.29, 1.82) is 0 Å². The lowest BCUT2D eigenvalue weighted by Gasteiger charge is -2.16. The molecule has 1 aliphatic rings. The number of amides is 1. The predicted molar refractivity (Wildman–Crippen MR) is 84.1 cm³/mol. The molecule has 0 spiro atoms. The van der Waals surface area contributed by atoms with Gasteiger partial charge in [0.25, 0.3) is 0 Å². The Morgan fingerprint density at radius 1 is 1.32 bits per heavy atom. The lowest BCUT2D eigenvalue weighted by Crippen LogP contribution is -2.32. The molecular weight excluding hydrogens is 282 g/mol. The zero-order valence-electron chi connectivity index (χ0n) is 13.3. The molecule has 0 radical (unpaired) electrons. The summed E-state index contributed by atoms with van der Waals surface area (Å²) in [5.74, 6) is 1.26. The second-order valence-corrected chi connectivity index (χ2v) is 5.71. The van der Waals surface area contributed by atoms with Crippen LogP contribution in [-0.4, -0.2) is 31.3 Å². The fourth-order valence-corrected chi connectivity index (χ4v) is 2.89. The maximum atomic E-state index is 11.9. The van der Waals surface area contributed by atoms with E-state index in [-0.39, 0.29) is 5.91 Å². The lowest BCUT2D eigenvalue weighted by molar-refractivity contribution is -0.122. The number of carbonyl (C=O) groups excluding carboxylic acids is 1. The van der Waals surface area contributed by atoms with Crippen LogP contribution in [0.2, 0.25) is 0 Å². The normalized spacial score (nSPS) is 16.3. The molecule has 1 saturated carbocycles. The SMILES string of the molecule is COc1ccc(C(O)CCC(=O)NC2CCCC2)c(OC)c1. The first-order valence-corrected chi connectivity index (χ1v) is 7.83. The minimum absolute atomic E-state index is 0.0124. The first-order valence-electron chi connectivity index (χ1n) is 7.83. The third-order valence-electron chi connectivity index (χ3n) is 4.16. The summed E-state index contributed by atoms with van der Waals surface area (Å²) in [4.78, 5) is 11.9. The average molecular weight is 307 g/mol. The Kier molecular flexibility index (Phi) is 6.07. The van der Waals surface area contributed by atoms with E-state index in [1.807, 2.05) is 0 Å². The third kappa shape index (κ3) is 4.37. The van der Waals surface area contributed by atoms with Gasteiger partial charge < -0.3 is 19.9 Å². The van der Waals surface area contributed by atoms with Gasteiger partial charge in [0.15, 0.2) is 0 Å². The molecule has 22 heavy (non-hydrogen) atoms. The Labute approximate surface area is 131 Å². The molecule has 1 aromatic carbocycles. The van der Waals surface area contributed by atoms with Gasteiger partial charge in [-0.1, -0.05) is 12.8 Å². The minimum atomic E-state index is -0.727. The molecule has 5 nitrogen and oxygen atoms in total. The van der Waals surface area contributed by atoms with Gasteiger partial charge in [0.1, 0.15) is 11.5 Å². The van der Waals surface area contributed by atoms with Crippen LogP contribution in [0.4, 0.5) is 0 Å². The smallest absolute Gasteiger partial charge is 0.220 e. The second kappa shape index (κ2) is 8.03. The van der Waals surface area contributed by atoms with Crippen LogP contribution in [-0.2, 0) is 4.79 Å².